The number of carbonyl (C=O) groups is 1. The van der Waals surface area contributed by atoms with Gasteiger partial charge in [-0.1, -0.05) is 30.3 Å². The Labute approximate surface area is 194 Å². The highest BCUT2D eigenvalue weighted by Crippen LogP contribution is 2.23. The first-order valence-electron chi connectivity index (χ1n) is 10.5. The zero-order chi connectivity index (χ0) is 24.0. The lowest BCUT2D eigenvalue weighted by Gasteiger charge is -2.10. The van der Waals surface area contributed by atoms with Gasteiger partial charge in [-0.25, -0.2) is 13.6 Å². The van der Waals surface area contributed by atoms with Crippen molar-refractivity contribution in [2.75, 3.05) is 6.54 Å². The van der Waals surface area contributed by atoms with E-state index < -0.39 is 15.9 Å². The van der Waals surface area contributed by atoms with Crippen LogP contribution >= 0.6 is 0 Å². The third-order valence-electron chi connectivity index (χ3n) is 5.33. The number of benzene rings is 2. The van der Waals surface area contributed by atoms with Gasteiger partial charge in [-0.15, -0.1) is 0 Å². The van der Waals surface area contributed by atoms with Crippen molar-refractivity contribution in [2.24, 2.45) is 5.14 Å². The molecular formula is C25H26N4O3S. The van der Waals surface area contributed by atoms with Gasteiger partial charge in [0.25, 0.3) is 5.91 Å². The summed E-state index contributed by atoms with van der Waals surface area (Å²) in [6.45, 7) is 4.25. The summed E-state index contributed by atoms with van der Waals surface area (Å²) in [6.07, 6.45) is 3.19. The topological polar surface area (TPSA) is 118 Å². The maximum atomic E-state index is 12.5. The van der Waals surface area contributed by atoms with Crippen molar-refractivity contribution >= 4 is 22.0 Å². The van der Waals surface area contributed by atoms with Crippen LogP contribution in [0.15, 0.2) is 71.1 Å². The predicted octanol–water partition coefficient (Wildman–Crippen LogP) is 3.40. The van der Waals surface area contributed by atoms with Gasteiger partial charge in [0.1, 0.15) is 11.6 Å². The number of hydrogen-bond acceptors (Lipinski definition) is 4. The highest BCUT2D eigenvalue weighted by atomic mass is 32.2. The molecule has 0 saturated heterocycles. The second kappa shape index (κ2) is 10.3. The molecule has 7 nitrogen and oxygen atoms in total. The van der Waals surface area contributed by atoms with Crippen LogP contribution in [0.5, 0.6) is 0 Å². The highest BCUT2D eigenvalue weighted by Gasteiger charge is 2.14. The summed E-state index contributed by atoms with van der Waals surface area (Å²) in [5.74, 6) is -0.409. The van der Waals surface area contributed by atoms with E-state index in [1.54, 1.807) is 18.2 Å². The van der Waals surface area contributed by atoms with Crippen LogP contribution in [0, 0.1) is 25.2 Å². The van der Waals surface area contributed by atoms with Crippen molar-refractivity contribution in [2.45, 2.75) is 31.6 Å². The number of rotatable bonds is 8. The molecule has 0 fully saturated rings. The third kappa shape index (κ3) is 5.98. The number of amides is 1. The maximum absolute atomic E-state index is 12.5. The standard InChI is InChI=1S/C25H26N4O3S/c1-18-15-21(19(2)29(18)23-10-12-24(13-11-23)33(27,31)32)16-22(17-26)25(30)28-14-6-9-20-7-4-3-5-8-20/h3-5,7-8,10-13,15-16H,6,9,14H2,1-2H3,(H,28,30)(H2,27,31,32)/b22-16-. The molecule has 0 atom stereocenters. The second-order valence-corrected chi connectivity index (χ2v) is 9.28. The Bertz CT molecular complexity index is 1320. The van der Waals surface area contributed by atoms with Crippen molar-refractivity contribution < 1.29 is 13.2 Å². The van der Waals surface area contributed by atoms with Crippen molar-refractivity contribution in [3.63, 3.8) is 0 Å². The highest BCUT2D eigenvalue weighted by molar-refractivity contribution is 7.89. The Morgan fingerprint density at radius 1 is 1.12 bits per heavy atom. The zero-order valence-corrected chi connectivity index (χ0v) is 19.4. The van der Waals surface area contributed by atoms with Crippen LogP contribution in [0.4, 0.5) is 0 Å². The SMILES string of the molecule is Cc1cc(/C=C(/C#N)C(=O)NCCCc2ccccc2)c(C)n1-c1ccc(S(N)(=O)=O)cc1. The first-order chi connectivity index (χ1) is 15.7. The molecule has 33 heavy (non-hydrogen) atoms. The van der Waals surface area contributed by atoms with Crippen molar-refractivity contribution in [1.29, 1.82) is 5.26 Å². The first kappa shape index (κ1) is 24.0. The largest absolute Gasteiger partial charge is 0.351 e. The molecule has 3 aromatic rings. The van der Waals surface area contributed by atoms with E-state index in [1.807, 2.05) is 60.9 Å². The maximum Gasteiger partial charge on any atom is 0.261 e. The number of nitrogens with zero attached hydrogens (tertiary/aromatic N) is 2. The van der Waals surface area contributed by atoms with Gasteiger partial charge in [0.05, 0.1) is 4.90 Å². The molecule has 170 valence electrons. The van der Waals surface area contributed by atoms with E-state index in [1.165, 1.54) is 17.7 Å². The summed E-state index contributed by atoms with van der Waals surface area (Å²) in [5.41, 5.74) is 4.41. The summed E-state index contributed by atoms with van der Waals surface area (Å²) in [5, 5.41) is 17.5. The van der Waals surface area contributed by atoms with Crippen LogP contribution in [-0.2, 0) is 21.2 Å². The number of hydrogen-bond donors (Lipinski definition) is 2. The van der Waals surface area contributed by atoms with E-state index in [0.717, 1.165) is 35.5 Å². The number of nitrogens with one attached hydrogen (secondary N) is 1. The van der Waals surface area contributed by atoms with Crippen LogP contribution < -0.4 is 10.5 Å². The Morgan fingerprint density at radius 3 is 2.39 bits per heavy atom. The summed E-state index contributed by atoms with van der Waals surface area (Å²) in [7, 11) is -3.77. The van der Waals surface area contributed by atoms with Crippen LogP contribution in [0.25, 0.3) is 11.8 Å². The van der Waals surface area contributed by atoms with Gasteiger partial charge in [-0.3, -0.25) is 4.79 Å². The van der Waals surface area contributed by atoms with Crippen molar-refractivity contribution in [1.82, 2.24) is 9.88 Å². The number of nitriles is 1. The quantitative estimate of drug-likeness (QED) is 0.303. The lowest BCUT2D eigenvalue weighted by atomic mass is 10.1. The second-order valence-electron chi connectivity index (χ2n) is 7.72. The summed E-state index contributed by atoms with van der Waals surface area (Å²) in [6, 6.07) is 20.1. The lowest BCUT2D eigenvalue weighted by molar-refractivity contribution is -0.117. The monoisotopic (exact) mass is 462 g/mol. The van der Waals surface area contributed by atoms with E-state index in [4.69, 9.17) is 5.14 Å². The van der Waals surface area contributed by atoms with E-state index in [2.05, 4.69) is 5.32 Å². The van der Waals surface area contributed by atoms with Crippen LogP contribution in [-0.4, -0.2) is 25.4 Å². The molecule has 0 radical (unpaired) electrons. The number of aromatic nitrogens is 1. The van der Waals surface area contributed by atoms with Gasteiger partial charge < -0.3 is 9.88 Å². The number of carbonyl (C=O) groups excluding carboxylic acids is 1. The fourth-order valence-electron chi connectivity index (χ4n) is 3.65. The molecule has 1 amide bonds. The van der Waals surface area contributed by atoms with Gasteiger partial charge in [-0.05, 0) is 74.2 Å². The molecule has 0 aliphatic heterocycles. The minimum atomic E-state index is -3.77. The predicted molar refractivity (Wildman–Crippen MR) is 128 cm³/mol. The smallest absolute Gasteiger partial charge is 0.261 e. The molecule has 0 aliphatic carbocycles. The van der Waals surface area contributed by atoms with Gasteiger partial charge in [0.2, 0.25) is 10.0 Å². The molecule has 0 spiro atoms. The average Bonchev–Trinajstić information content (AvgIpc) is 3.07. The molecule has 0 unspecified atom stereocenters. The molecule has 8 heteroatoms. The summed E-state index contributed by atoms with van der Waals surface area (Å²) >= 11 is 0. The first-order valence-corrected chi connectivity index (χ1v) is 12.0. The summed E-state index contributed by atoms with van der Waals surface area (Å²) < 4.78 is 24.9. The molecule has 0 saturated carbocycles. The molecule has 3 rings (SSSR count). The average molecular weight is 463 g/mol. The minimum absolute atomic E-state index is 0.0273. The van der Waals surface area contributed by atoms with E-state index >= 15 is 0 Å². The molecular weight excluding hydrogens is 436 g/mol. The minimum Gasteiger partial charge on any atom is -0.351 e. The fourth-order valence-corrected chi connectivity index (χ4v) is 4.17. The molecule has 1 heterocycles. The van der Waals surface area contributed by atoms with Gasteiger partial charge >= 0.3 is 0 Å². The van der Waals surface area contributed by atoms with Crippen molar-refractivity contribution in [3.8, 4) is 11.8 Å². The third-order valence-corrected chi connectivity index (χ3v) is 6.26. The summed E-state index contributed by atoms with van der Waals surface area (Å²) in [4.78, 5) is 12.5. The number of aryl methyl sites for hydroxylation is 2. The van der Waals surface area contributed by atoms with E-state index in [0.29, 0.717) is 6.54 Å². The van der Waals surface area contributed by atoms with Crippen molar-refractivity contribution in [3.05, 3.63) is 88.8 Å². The Morgan fingerprint density at radius 2 is 1.79 bits per heavy atom. The Balaban J connectivity index is 1.73. The normalized spacial score (nSPS) is 11.8. The lowest BCUT2D eigenvalue weighted by Crippen LogP contribution is -2.25. The molecule has 2 aromatic carbocycles. The number of primary sulfonamides is 1. The van der Waals surface area contributed by atoms with E-state index in [-0.39, 0.29) is 10.5 Å². The Hall–Kier alpha value is -3.67. The molecule has 3 N–H and O–H groups in total. The van der Waals surface area contributed by atoms with E-state index in [9.17, 15) is 18.5 Å². The number of nitrogens with two attached hydrogens (primary N) is 1. The zero-order valence-electron chi connectivity index (χ0n) is 18.6. The molecule has 1 aromatic heterocycles. The van der Waals surface area contributed by atoms with Crippen LogP contribution in [0.3, 0.4) is 0 Å². The molecule has 0 aliphatic rings. The Kier molecular flexibility index (Phi) is 7.48. The van der Waals surface area contributed by atoms with Crippen LogP contribution in [0.1, 0.15) is 28.9 Å². The van der Waals surface area contributed by atoms with Gasteiger partial charge in [-0.2, -0.15) is 5.26 Å². The number of sulfonamides is 1. The van der Waals surface area contributed by atoms with Gasteiger partial charge in [0.15, 0.2) is 0 Å². The van der Waals surface area contributed by atoms with Crippen LogP contribution in [0.2, 0.25) is 0 Å². The van der Waals surface area contributed by atoms with Gasteiger partial charge in [0, 0.05) is 23.6 Å². The molecule has 0 bridgehead atoms. The fraction of sp³-hybridized carbons (Fsp3) is 0.200.